The molecule has 1 rings (SSSR count). The van der Waals surface area contributed by atoms with E-state index in [1.807, 2.05) is 0 Å². The van der Waals surface area contributed by atoms with Gasteiger partial charge in [-0.05, 0) is 19.4 Å². The number of benzene rings is 1. The molecule has 10 heteroatoms. The number of aliphatic carboxylic acids is 1. The third kappa shape index (κ3) is 7.33. The molecule has 0 radical (unpaired) electrons. The van der Waals surface area contributed by atoms with Crippen molar-refractivity contribution in [3.8, 4) is 0 Å². The Hall–Kier alpha value is -2.98. The summed E-state index contributed by atoms with van der Waals surface area (Å²) >= 11 is 0. The minimum Gasteiger partial charge on any atom is -0.480 e. The standard InChI is InChI=1S/C18H26N4O6/c1-10(21-17(26)13(19)9-23)15(24)20-11(2)16(25)22-14(18(27)28)8-12-6-4-3-5-7-12/h3-7,10-11,13-14,23H,8-9,19H2,1-2H3,(H,20,24)(H,21,26)(H,22,25)(H,27,28). The number of carbonyl (C=O) groups is 4. The van der Waals surface area contributed by atoms with Crippen LogP contribution in [0.1, 0.15) is 19.4 Å². The SMILES string of the molecule is CC(NC(=O)C(N)CO)C(=O)NC(C)C(=O)NC(Cc1ccccc1)C(=O)O. The van der Waals surface area contributed by atoms with Gasteiger partial charge in [0.05, 0.1) is 6.61 Å². The number of carboxylic acids is 1. The van der Waals surface area contributed by atoms with E-state index in [9.17, 15) is 24.3 Å². The molecule has 0 saturated heterocycles. The topological polar surface area (TPSA) is 171 Å². The van der Waals surface area contributed by atoms with Gasteiger partial charge in [0.25, 0.3) is 0 Å². The summed E-state index contributed by atoms with van der Waals surface area (Å²) in [7, 11) is 0. The Balaban J connectivity index is 2.61. The Morgan fingerprint density at radius 3 is 1.93 bits per heavy atom. The van der Waals surface area contributed by atoms with Gasteiger partial charge in [-0.15, -0.1) is 0 Å². The van der Waals surface area contributed by atoms with E-state index in [0.29, 0.717) is 0 Å². The number of rotatable bonds is 10. The third-order valence-electron chi connectivity index (χ3n) is 3.93. The first kappa shape index (κ1) is 23.1. The molecule has 0 spiro atoms. The van der Waals surface area contributed by atoms with Crippen LogP contribution in [0.15, 0.2) is 30.3 Å². The number of nitrogens with two attached hydrogens (primary N) is 1. The molecule has 0 bridgehead atoms. The molecule has 0 aliphatic rings. The van der Waals surface area contributed by atoms with Crippen LogP contribution >= 0.6 is 0 Å². The highest BCUT2D eigenvalue weighted by atomic mass is 16.4. The number of hydrogen-bond donors (Lipinski definition) is 6. The van der Waals surface area contributed by atoms with Gasteiger partial charge in [0.2, 0.25) is 17.7 Å². The highest BCUT2D eigenvalue weighted by Gasteiger charge is 2.26. The van der Waals surface area contributed by atoms with E-state index in [1.54, 1.807) is 30.3 Å². The van der Waals surface area contributed by atoms with Gasteiger partial charge < -0.3 is 31.9 Å². The van der Waals surface area contributed by atoms with Crippen molar-refractivity contribution in [2.45, 2.75) is 44.4 Å². The lowest BCUT2D eigenvalue weighted by Crippen LogP contribution is -2.56. The van der Waals surface area contributed by atoms with Crippen LogP contribution in [0.25, 0.3) is 0 Å². The largest absolute Gasteiger partial charge is 0.480 e. The fourth-order valence-corrected chi connectivity index (χ4v) is 2.22. The molecule has 0 aliphatic heterocycles. The maximum absolute atomic E-state index is 12.3. The Labute approximate surface area is 162 Å². The molecule has 154 valence electrons. The molecule has 10 nitrogen and oxygen atoms in total. The monoisotopic (exact) mass is 394 g/mol. The quantitative estimate of drug-likeness (QED) is 0.270. The molecule has 0 aromatic heterocycles. The minimum absolute atomic E-state index is 0.0914. The minimum atomic E-state index is -1.20. The summed E-state index contributed by atoms with van der Waals surface area (Å²) < 4.78 is 0. The van der Waals surface area contributed by atoms with Crippen LogP contribution < -0.4 is 21.7 Å². The molecule has 3 amide bonds. The van der Waals surface area contributed by atoms with E-state index in [-0.39, 0.29) is 6.42 Å². The van der Waals surface area contributed by atoms with Gasteiger partial charge in [-0.25, -0.2) is 4.79 Å². The van der Waals surface area contributed by atoms with Crippen molar-refractivity contribution in [1.29, 1.82) is 0 Å². The molecule has 4 unspecified atom stereocenters. The highest BCUT2D eigenvalue weighted by Crippen LogP contribution is 2.04. The summed E-state index contributed by atoms with van der Waals surface area (Å²) in [5.74, 6) is -3.25. The van der Waals surface area contributed by atoms with Gasteiger partial charge in [-0.2, -0.15) is 0 Å². The summed E-state index contributed by atoms with van der Waals surface area (Å²) in [5, 5.41) is 25.2. The van der Waals surface area contributed by atoms with Crippen LogP contribution in [0.2, 0.25) is 0 Å². The van der Waals surface area contributed by atoms with Crippen molar-refractivity contribution < 1.29 is 29.4 Å². The van der Waals surface area contributed by atoms with Gasteiger partial charge in [0.1, 0.15) is 24.2 Å². The second-order valence-corrected chi connectivity index (χ2v) is 6.34. The highest BCUT2D eigenvalue weighted by molar-refractivity contribution is 5.93. The number of hydrogen-bond acceptors (Lipinski definition) is 6. The van der Waals surface area contributed by atoms with Crippen molar-refractivity contribution in [2.75, 3.05) is 6.61 Å². The van der Waals surface area contributed by atoms with Crippen molar-refractivity contribution in [3.63, 3.8) is 0 Å². The van der Waals surface area contributed by atoms with E-state index < -0.39 is 54.5 Å². The first-order valence-electron chi connectivity index (χ1n) is 8.70. The molecule has 0 aliphatic carbocycles. The Morgan fingerprint density at radius 1 is 0.929 bits per heavy atom. The number of aliphatic hydroxyl groups is 1. The van der Waals surface area contributed by atoms with Crippen molar-refractivity contribution >= 4 is 23.7 Å². The smallest absolute Gasteiger partial charge is 0.326 e. The summed E-state index contributed by atoms with van der Waals surface area (Å²) in [6.45, 7) is 2.21. The molecule has 1 aromatic carbocycles. The predicted octanol–water partition coefficient (Wildman–Crippen LogP) is -1.87. The summed E-state index contributed by atoms with van der Waals surface area (Å²) in [6.07, 6.45) is 0.0914. The average Bonchev–Trinajstić information content (AvgIpc) is 2.66. The lowest BCUT2D eigenvalue weighted by Gasteiger charge is -2.21. The van der Waals surface area contributed by atoms with Gasteiger partial charge in [-0.3, -0.25) is 14.4 Å². The lowest BCUT2D eigenvalue weighted by atomic mass is 10.1. The average molecular weight is 394 g/mol. The zero-order valence-electron chi connectivity index (χ0n) is 15.7. The molecule has 7 N–H and O–H groups in total. The molecule has 1 aromatic rings. The molecule has 0 heterocycles. The zero-order valence-corrected chi connectivity index (χ0v) is 15.7. The summed E-state index contributed by atoms with van der Waals surface area (Å²) in [4.78, 5) is 47.3. The van der Waals surface area contributed by atoms with E-state index in [0.717, 1.165) is 5.56 Å². The van der Waals surface area contributed by atoms with E-state index in [4.69, 9.17) is 10.8 Å². The number of aliphatic hydroxyl groups excluding tert-OH is 1. The first-order chi connectivity index (χ1) is 13.1. The maximum atomic E-state index is 12.3. The molecular formula is C18H26N4O6. The number of carbonyl (C=O) groups excluding carboxylic acids is 3. The fourth-order valence-electron chi connectivity index (χ4n) is 2.22. The maximum Gasteiger partial charge on any atom is 0.326 e. The molecule has 28 heavy (non-hydrogen) atoms. The summed E-state index contributed by atoms with van der Waals surface area (Å²) in [6, 6.07) is 4.45. The van der Waals surface area contributed by atoms with Gasteiger partial charge in [-0.1, -0.05) is 30.3 Å². The molecule has 0 fully saturated rings. The predicted molar refractivity (Wildman–Crippen MR) is 100.0 cm³/mol. The van der Waals surface area contributed by atoms with Crippen LogP contribution in [0.5, 0.6) is 0 Å². The molecule has 4 atom stereocenters. The Bertz CT molecular complexity index is 697. The third-order valence-corrected chi connectivity index (χ3v) is 3.93. The van der Waals surface area contributed by atoms with Crippen LogP contribution in [-0.2, 0) is 25.6 Å². The number of amides is 3. The molecular weight excluding hydrogens is 368 g/mol. The summed E-state index contributed by atoms with van der Waals surface area (Å²) in [5.41, 5.74) is 6.09. The van der Waals surface area contributed by atoms with Crippen molar-refractivity contribution in [3.05, 3.63) is 35.9 Å². The van der Waals surface area contributed by atoms with Crippen LogP contribution in [-0.4, -0.2) is 64.7 Å². The number of carboxylic acid groups (broad SMARTS) is 1. The normalized spacial score (nSPS) is 14.9. The Morgan fingerprint density at radius 2 is 1.43 bits per heavy atom. The van der Waals surface area contributed by atoms with Gasteiger partial charge in [0.15, 0.2) is 0 Å². The fraction of sp³-hybridized carbons (Fsp3) is 0.444. The second-order valence-electron chi connectivity index (χ2n) is 6.34. The second kappa shape index (κ2) is 11.0. The Kier molecular flexibility index (Phi) is 9.06. The van der Waals surface area contributed by atoms with E-state index >= 15 is 0 Å². The lowest BCUT2D eigenvalue weighted by molar-refractivity contribution is -0.142. The first-order valence-corrected chi connectivity index (χ1v) is 8.70. The molecule has 0 saturated carbocycles. The van der Waals surface area contributed by atoms with Crippen LogP contribution in [0.3, 0.4) is 0 Å². The van der Waals surface area contributed by atoms with Crippen molar-refractivity contribution in [1.82, 2.24) is 16.0 Å². The van der Waals surface area contributed by atoms with E-state index in [2.05, 4.69) is 16.0 Å². The van der Waals surface area contributed by atoms with Gasteiger partial charge in [0, 0.05) is 6.42 Å². The van der Waals surface area contributed by atoms with Crippen LogP contribution in [0, 0.1) is 0 Å². The number of nitrogens with one attached hydrogen (secondary N) is 3. The van der Waals surface area contributed by atoms with Crippen molar-refractivity contribution in [2.24, 2.45) is 5.73 Å². The van der Waals surface area contributed by atoms with Crippen LogP contribution in [0.4, 0.5) is 0 Å². The zero-order chi connectivity index (χ0) is 21.3. The van der Waals surface area contributed by atoms with Gasteiger partial charge >= 0.3 is 5.97 Å². The van der Waals surface area contributed by atoms with E-state index in [1.165, 1.54) is 13.8 Å².